The van der Waals surface area contributed by atoms with Gasteiger partial charge in [0.2, 0.25) is 0 Å². The highest BCUT2D eigenvalue weighted by atomic mass is 32.1. The van der Waals surface area contributed by atoms with Crippen LogP contribution >= 0.6 is 11.3 Å². The predicted octanol–water partition coefficient (Wildman–Crippen LogP) is 4.49. The molecule has 1 aromatic carbocycles. The van der Waals surface area contributed by atoms with E-state index in [1.807, 2.05) is 0 Å². The van der Waals surface area contributed by atoms with Crippen LogP contribution in [-0.2, 0) is 19.3 Å². The van der Waals surface area contributed by atoms with Crippen molar-refractivity contribution < 1.29 is 4.79 Å². The lowest BCUT2D eigenvalue weighted by atomic mass is 9.99. The van der Waals surface area contributed by atoms with Crippen molar-refractivity contribution >= 4 is 23.0 Å². The lowest BCUT2D eigenvalue weighted by molar-refractivity contribution is 0.0958. The highest BCUT2D eigenvalue weighted by Crippen LogP contribution is 2.29. The quantitative estimate of drug-likeness (QED) is 0.636. The van der Waals surface area contributed by atoms with Crippen molar-refractivity contribution in [1.82, 2.24) is 5.43 Å². The first-order valence-electron chi connectivity index (χ1n) is 8.88. The van der Waals surface area contributed by atoms with Crippen LogP contribution in [0.4, 0.5) is 0 Å². The monoisotopic (exact) mass is 338 g/mol. The van der Waals surface area contributed by atoms with Crippen molar-refractivity contribution in [3.63, 3.8) is 0 Å². The molecule has 0 saturated carbocycles. The van der Waals surface area contributed by atoms with Gasteiger partial charge in [0.05, 0.1) is 10.6 Å². The number of aryl methyl sites for hydroxylation is 3. The average Bonchev–Trinajstić information content (AvgIpc) is 2.95. The van der Waals surface area contributed by atoms with Gasteiger partial charge in [-0.1, -0.05) is 24.3 Å². The number of hydrazone groups is 1. The third-order valence-corrected chi connectivity index (χ3v) is 6.19. The second-order valence-electron chi connectivity index (χ2n) is 6.63. The van der Waals surface area contributed by atoms with E-state index in [1.165, 1.54) is 40.8 Å². The SMILES string of the molecule is O=C(N/N=C1/CCCCc2ccccc21)c1cc2c(s1)CCCC2. The zero-order valence-corrected chi connectivity index (χ0v) is 14.6. The van der Waals surface area contributed by atoms with E-state index in [1.54, 1.807) is 11.3 Å². The van der Waals surface area contributed by atoms with Gasteiger partial charge in [0.25, 0.3) is 5.91 Å². The first kappa shape index (κ1) is 15.6. The number of amides is 1. The molecule has 0 saturated heterocycles. The number of carbonyl (C=O) groups is 1. The Kier molecular flexibility index (Phi) is 4.48. The van der Waals surface area contributed by atoms with Gasteiger partial charge in [-0.15, -0.1) is 11.3 Å². The Bertz CT molecular complexity index is 767. The van der Waals surface area contributed by atoms with Crippen molar-refractivity contribution in [2.75, 3.05) is 0 Å². The summed E-state index contributed by atoms with van der Waals surface area (Å²) in [5.41, 5.74) is 7.72. The number of hydrogen-bond acceptors (Lipinski definition) is 3. The largest absolute Gasteiger partial charge is 0.281 e. The number of hydrogen-bond donors (Lipinski definition) is 1. The van der Waals surface area contributed by atoms with Gasteiger partial charge in [-0.05, 0) is 68.6 Å². The smallest absolute Gasteiger partial charge is 0.266 e. The topological polar surface area (TPSA) is 41.5 Å². The zero-order valence-electron chi connectivity index (χ0n) is 13.8. The van der Waals surface area contributed by atoms with Gasteiger partial charge < -0.3 is 0 Å². The van der Waals surface area contributed by atoms with Gasteiger partial charge in [-0.3, -0.25) is 4.79 Å². The Balaban J connectivity index is 1.54. The van der Waals surface area contributed by atoms with E-state index in [4.69, 9.17) is 0 Å². The van der Waals surface area contributed by atoms with E-state index in [-0.39, 0.29) is 5.91 Å². The summed E-state index contributed by atoms with van der Waals surface area (Å²) in [4.78, 5) is 14.7. The van der Waals surface area contributed by atoms with E-state index >= 15 is 0 Å². The number of nitrogens with one attached hydrogen (secondary N) is 1. The maximum Gasteiger partial charge on any atom is 0.281 e. The van der Waals surface area contributed by atoms with Crippen LogP contribution in [0.1, 0.15) is 63.3 Å². The standard InChI is InChI=1S/C20H22N2OS/c23-20(19-13-15-9-3-6-12-18(15)24-19)22-21-17-11-5-2-8-14-7-1-4-10-16(14)17/h1,4,7,10,13H,2-3,5-6,8-9,11-12H2,(H,22,23)/b21-17-. The molecule has 0 fully saturated rings. The van der Waals surface area contributed by atoms with Crippen molar-refractivity contribution in [1.29, 1.82) is 0 Å². The molecule has 2 aromatic rings. The number of thiophene rings is 1. The van der Waals surface area contributed by atoms with Crippen molar-refractivity contribution in [2.24, 2.45) is 5.10 Å². The average molecular weight is 338 g/mol. The molecule has 124 valence electrons. The predicted molar refractivity (Wildman–Crippen MR) is 99.0 cm³/mol. The van der Waals surface area contributed by atoms with Gasteiger partial charge in [0.15, 0.2) is 0 Å². The maximum atomic E-state index is 12.5. The molecule has 0 radical (unpaired) electrons. The Labute approximate surface area is 146 Å². The Morgan fingerprint density at radius 2 is 1.71 bits per heavy atom. The molecule has 4 rings (SSSR count). The Morgan fingerprint density at radius 1 is 0.958 bits per heavy atom. The van der Waals surface area contributed by atoms with Crippen LogP contribution in [0.25, 0.3) is 0 Å². The summed E-state index contributed by atoms with van der Waals surface area (Å²) in [5, 5.41) is 4.49. The fraction of sp³-hybridized carbons (Fsp3) is 0.400. The number of rotatable bonds is 2. The van der Waals surface area contributed by atoms with Crippen molar-refractivity contribution in [3.8, 4) is 0 Å². The van der Waals surface area contributed by atoms with Crippen LogP contribution < -0.4 is 5.43 Å². The van der Waals surface area contributed by atoms with Crippen LogP contribution in [0.5, 0.6) is 0 Å². The third-order valence-electron chi connectivity index (χ3n) is 4.95. The summed E-state index contributed by atoms with van der Waals surface area (Å²) >= 11 is 1.64. The third kappa shape index (κ3) is 3.16. The maximum absolute atomic E-state index is 12.5. The molecule has 24 heavy (non-hydrogen) atoms. The van der Waals surface area contributed by atoms with E-state index in [9.17, 15) is 4.79 Å². The molecule has 2 aliphatic rings. The highest BCUT2D eigenvalue weighted by Gasteiger charge is 2.18. The summed E-state index contributed by atoms with van der Waals surface area (Å²) in [6.07, 6.45) is 9.05. The molecule has 1 heterocycles. The molecular weight excluding hydrogens is 316 g/mol. The Morgan fingerprint density at radius 3 is 2.58 bits per heavy atom. The van der Waals surface area contributed by atoms with E-state index in [2.05, 4.69) is 40.9 Å². The summed E-state index contributed by atoms with van der Waals surface area (Å²) in [6.45, 7) is 0. The first-order valence-corrected chi connectivity index (χ1v) is 9.69. The molecule has 0 spiro atoms. The molecule has 0 bridgehead atoms. The molecule has 2 aliphatic carbocycles. The van der Waals surface area contributed by atoms with Gasteiger partial charge in [-0.2, -0.15) is 5.10 Å². The normalized spacial score (nSPS) is 18.6. The number of benzene rings is 1. The number of nitrogens with zero attached hydrogens (tertiary/aromatic N) is 1. The number of carbonyl (C=O) groups excluding carboxylic acids is 1. The van der Waals surface area contributed by atoms with Crippen molar-refractivity contribution in [3.05, 3.63) is 56.8 Å². The van der Waals surface area contributed by atoms with Gasteiger partial charge in [0, 0.05) is 10.4 Å². The summed E-state index contributed by atoms with van der Waals surface area (Å²) < 4.78 is 0. The van der Waals surface area contributed by atoms with E-state index < -0.39 is 0 Å². The minimum Gasteiger partial charge on any atom is -0.266 e. The zero-order chi connectivity index (χ0) is 16.4. The van der Waals surface area contributed by atoms with Crippen LogP contribution in [0.3, 0.4) is 0 Å². The van der Waals surface area contributed by atoms with Gasteiger partial charge >= 0.3 is 0 Å². The second-order valence-corrected chi connectivity index (χ2v) is 7.77. The van der Waals surface area contributed by atoms with Crippen LogP contribution in [0, 0.1) is 0 Å². The lowest BCUT2D eigenvalue weighted by Crippen LogP contribution is -2.19. The van der Waals surface area contributed by atoms with Crippen molar-refractivity contribution in [2.45, 2.75) is 51.4 Å². The number of fused-ring (bicyclic) bond motifs is 2. The fourth-order valence-corrected chi connectivity index (χ4v) is 4.80. The molecule has 1 N–H and O–H groups in total. The minimum absolute atomic E-state index is 0.0661. The lowest BCUT2D eigenvalue weighted by Gasteiger charge is -2.08. The molecule has 1 amide bonds. The molecule has 0 aliphatic heterocycles. The molecule has 1 aromatic heterocycles. The second kappa shape index (κ2) is 6.89. The van der Waals surface area contributed by atoms with E-state index in [0.717, 1.165) is 42.7 Å². The van der Waals surface area contributed by atoms with Crippen LogP contribution in [0.15, 0.2) is 35.4 Å². The summed E-state index contributed by atoms with van der Waals surface area (Å²) in [7, 11) is 0. The Hall–Kier alpha value is -1.94. The molecule has 0 unspecified atom stereocenters. The molecule has 4 heteroatoms. The van der Waals surface area contributed by atoms with Crippen LogP contribution in [0.2, 0.25) is 0 Å². The van der Waals surface area contributed by atoms with Gasteiger partial charge in [-0.25, -0.2) is 5.43 Å². The summed E-state index contributed by atoms with van der Waals surface area (Å²) in [6, 6.07) is 10.5. The molecular formula is C20H22N2OS. The van der Waals surface area contributed by atoms with E-state index in [0.29, 0.717) is 0 Å². The molecule has 0 atom stereocenters. The van der Waals surface area contributed by atoms with Gasteiger partial charge in [0.1, 0.15) is 0 Å². The minimum atomic E-state index is -0.0661. The summed E-state index contributed by atoms with van der Waals surface area (Å²) in [5.74, 6) is -0.0661. The first-order chi connectivity index (χ1) is 11.8. The van der Waals surface area contributed by atoms with Crippen LogP contribution in [-0.4, -0.2) is 11.6 Å². The molecule has 3 nitrogen and oxygen atoms in total. The fourth-order valence-electron chi connectivity index (χ4n) is 3.65. The highest BCUT2D eigenvalue weighted by molar-refractivity contribution is 7.14.